The number of methoxy groups -OCH3 is 2. The molecule has 3 N–H and O–H groups in total. The molecule has 0 atom stereocenters. The normalized spacial score (nSPS) is 10.8. The highest BCUT2D eigenvalue weighted by Crippen LogP contribution is 2.28. The zero-order chi connectivity index (χ0) is 23.3. The molecule has 10 heteroatoms. The Hall–Kier alpha value is -4.05. The highest BCUT2D eigenvalue weighted by atomic mass is 32.2. The maximum Gasteiger partial charge on any atom is 0.335 e. The molecular weight excluding hydrogens is 436 g/mol. The van der Waals surface area contributed by atoms with Crippen molar-refractivity contribution in [3.63, 3.8) is 0 Å². The van der Waals surface area contributed by atoms with Crippen LogP contribution >= 0.6 is 0 Å². The first-order chi connectivity index (χ1) is 15.2. The molecule has 0 aliphatic heterocycles. The summed E-state index contributed by atoms with van der Waals surface area (Å²) >= 11 is 0. The van der Waals surface area contributed by atoms with Gasteiger partial charge in [0.1, 0.15) is 16.4 Å². The Morgan fingerprint density at radius 2 is 1.59 bits per heavy atom. The number of benzene rings is 3. The molecule has 3 rings (SSSR count). The van der Waals surface area contributed by atoms with Crippen LogP contribution in [0.4, 0.5) is 11.4 Å². The molecule has 0 radical (unpaired) electrons. The number of aromatic carboxylic acids is 1. The average molecular weight is 456 g/mol. The predicted octanol–water partition coefficient (Wildman–Crippen LogP) is 3.46. The molecular formula is C22H20N2O7S. The highest BCUT2D eigenvalue weighted by molar-refractivity contribution is 7.92. The molecule has 0 spiro atoms. The Balaban J connectivity index is 1.92. The molecule has 0 aliphatic rings. The highest BCUT2D eigenvalue weighted by Gasteiger charge is 2.24. The quantitative estimate of drug-likeness (QED) is 0.473. The number of hydrogen-bond donors (Lipinski definition) is 3. The summed E-state index contributed by atoms with van der Waals surface area (Å²) in [7, 11) is -1.49. The number of amides is 1. The van der Waals surface area contributed by atoms with E-state index in [1.807, 2.05) is 0 Å². The van der Waals surface area contributed by atoms with Gasteiger partial charge in [0.05, 0.1) is 31.0 Å². The fourth-order valence-electron chi connectivity index (χ4n) is 2.86. The van der Waals surface area contributed by atoms with Crippen molar-refractivity contribution < 1.29 is 32.6 Å². The van der Waals surface area contributed by atoms with Crippen LogP contribution in [0.2, 0.25) is 0 Å². The summed E-state index contributed by atoms with van der Waals surface area (Å²) in [5, 5.41) is 11.9. The molecule has 0 saturated heterocycles. The minimum atomic E-state index is -4.28. The monoisotopic (exact) mass is 456 g/mol. The molecule has 0 aliphatic carbocycles. The van der Waals surface area contributed by atoms with E-state index >= 15 is 0 Å². The first-order valence-corrected chi connectivity index (χ1v) is 10.7. The fraction of sp³-hybridized carbons (Fsp3) is 0.0909. The van der Waals surface area contributed by atoms with Crippen molar-refractivity contribution in [3.05, 3.63) is 77.9 Å². The minimum absolute atomic E-state index is 0.0151. The van der Waals surface area contributed by atoms with Gasteiger partial charge in [0.15, 0.2) is 0 Å². The Kier molecular flexibility index (Phi) is 6.64. The van der Waals surface area contributed by atoms with E-state index in [1.165, 1.54) is 38.5 Å². The molecule has 166 valence electrons. The maximum atomic E-state index is 13.0. The van der Waals surface area contributed by atoms with Crippen LogP contribution in [0.25, 0.3) is 0 Å². The standard InChI is InChI=1S/C22H20N2O7S/c1-30-16-10-8-15(9-11-16)23-21(25)17-5-3-4-6-18(17)24-32(28,29)20-13-14(22(26)27)7-12-19(20)31-2/h3-13,24H,1-2H3,(H,23,25)(H,26,27). The zero-order valence-electron chi connectivity index (χ0n) is 17.2. The lowest BCUT2D eigenvalue weighted by atomic mass is 10.1. The van der Waals surface area contributed by atoms with E-state index in [-0.39, 0.29) is 27.5 Å². The van der Waals surface area contributed by atoms with Crippen molar-refractivity contribution in [1.29, 1.82) is 0 Å². The molecule has 0 fully saturated rings. The van der Waals surface area contributed by atoms with Crippen molar-refractivity contribution >= 4 is 33.3 Å². The third kappa shape index (κ3) is 4.98. The molecule has 0 heterocycles. The van der Waals surface area contributed by atoms with Crippen LogP contribution in [0.5, 0.6) is 11.5 Å². The molecule has 9 nitrogen and oxygen atoms in total. The zero-order valence-corrected chi connectivity index (χ0v) is 18.0. The van der Waals surface area contributed by atoms with Crippen LogP contribution in [0, 0.1) is 0 Å². The molecule has 0 saturated carbocycles. The van der Waals surface area contributed by atoms with Gasteiger partial charge < -0.3 is 19.9 Å². The maximum absolute atomic E-state index is 13.0. The van der Waals surface area contributed by atoms with E-state index in [4.69, 9.17) is 9.47 Å². The topological polar surface area (TPSA) is 131 Å². The van der Waals surface area contributed by atoms with Gasteiger partial charge in [-0.15, -0.1) is 0 Å². The molecule has 0 aromatic heterocycles. The molecule has 3 aromatic carbocycles. The summed E-state index contributed by atoms with van der Waals surface area (Å²) in [6.07, 6.45) is 0. The van der Waals surface area contributed by atoms with Gasteiger partial charge in [0, 0.05) is 5.69 Å². The van der Waals surface area contributed by atoms with E-state index in [0.717, 1.165) is 6.07 Å². The number of carboxylic acids is 1. The molecule has 32 heavy (non-hydrogen) atoms. The third-order valence-electron chi connectivity index (χ3n) is 4.46. The number of ether oxygens (including phenoxy) is 2. The van der Waals surface area contributed by atoms with Gasteiger partial charge in [-0.3, -0.25) is 9.52 Å². The van der Waals surface area contributed by atoms with Crippen LogP contribution in [-0.4, -0.2) is 39.6 Å². The number of carboxylic acid groups (broad SMARTS) is 1. The molecule has 0 unspecified atom stereocenters. The van der Waals surface area contributed by atoms with Crippen LogP contribution < -0.4 is 19.5 Å². The van der Waals surface area contributed by atoms with Crippen molar-refractivity contribution in [3.8, 4) is 11.5 Å². The third-order valence-corrected chi connectivity index (χ3v) is 5.85. The van der Waals surface area contributed by atoms with Crippen LogP contribution in [0.3, 0.4) is 0 Å². The summed E-state index contributed by atoms with van der Waals surface area (Å²) in [5.41, 5.74) is 0.350. The van der Waals surface area contributed by atoms with Gasteiger partial charge in [-0.1, -0.05) is 12.1 Å². The summed E-state index contributed by atoms with van der Waals surface area (Å²) in [5.74, 6) is -1.25. The largest absolute Gasteiger partial charge is 0.497 e. The van der Waals surface area contributed by atoms with Gasteiger partial charge in [0.2, 0.25) is 0 Å². The van der Waals surface area contributed by atoms with Crippen LogP contribution in [0.1, 0.15) is 20.7 Å². The van der Waals surface area contributed by atoms with Gasteiger partial charge in [-0.05, 0) is 54.6 Å². The van der Waals surface area contributed by atoms with Crippen LogP contribution in [0.15, 0.2) is 71.6 Å². The first kappa shape index (κ1) is 22.6. The second-order valence-corrected chi connectivity index (χ2v) is 8.16. The van der Waals surface area contributed by atoms with E-state index in [0.29, 0.717) is 11.4 Å². The molecule has 3 aromatic rings. The van der Waals surface area contributed by atoms with Gasteiger partial charge in [-0.25, -0.2) is 13.2 Å². The number of para-hydroxylation sites is 1. The van der Waals surface area contributed by atoms with Gasteiger partial charge in [0.25, 0.3) is 15.9 Å². The molecule has 1 amide bonds. The lowest BCUT2D eigenvalue weighted by molar-refractivity contribution is 0.0696. The smallest absolute Gasteiger partial charge is 0.335 e. The minimum Gasteiger partial charge on any atom is -0.497 e. The Morgan fingerprint density at radius 1 is 0.906 bits per heavy atom. The number of carbonyl (C=O) groups excluding carboxylic acids is 1. The number of hydrogen-bond acceptors (Lipinski definition) is 6. The molecule has 0 bridgehead atoms. The van der Waals surface area contributed by atoms with Gasteiger partial charge in [-0.2, -0.15) is 0 Å². The van der Waals surface area contributed by atoms with E-state index in [2.05, 4.69) is 10.0 Å². The Morgan fingerprint density at radius 3 is 2.22 bits per heavy atom. The Bertz CT molecular complexity index is 1260. The number of nitrogens with one attached hydrogen (secondary N) is 2. The predicted molar refractivity (Wildman–Crippen MR) is 118 cm³/mol. The first-order valence-electron chi connectivity index (χ1n) is 9.23. The lowest BCUT2D eigenvalue weighted by Crippen LogP contribution is -2.19. The van der Waals surface area contributed by atoms with Crippen molar-refractivity contribution in [1.82, 2.24) is 0 Å². The van der Waals surface area contributed by atoms with E-state index < -0.39 is 21.9 Å². The number of sulfonamides is 1. The van der Waals surface area contributed by atoms with E-state index in [9.17, 15) is 23.1 Å². The number of anilines is 2. The second kappa shape index (κ2) is 9.40. The average Bonchev–Trinajstić information content (AvgIpc) is 2.79. The van der Waals surface area contributed by atoms with Crippen molar-refractivity contribution in [2.75, 3.05) is 24.3 Å². The summed E-state index contributed by atoms with van der Waals surface area (Å²) in [4.78, 5) is 23.7. The Labute approximate surface area is 184 Å². The summed E-state index contributed by atoms with van der Waals surface area (Å²) in [6.45, 7) is 0. The van der Waals surface area contributed by atoms with Crippen LogP contribution in [-0.2, 0) is 10.0 Å². The SMILES string of the molecule is COc1ccc(NC(=O)c2ccccc2NS(=O)(=O)c2cc(C(=O)O)ccc2OC)cc1. The number of rotatable bonds is 8. The van der Waals surface area contributed by atoms with Gasteiger partial charge >= 0.3 is 5.97 Å². The summed E-state index contributed by atoms with van der Waals surface area (Å²) in [6, 6.07) is 16.1. The summed E-state index contributed by atoms with van der Waals surface area (Å²) < 4.78 is 38.6. The fourth-order valence-corrected chi connectivity index (χ4v) is 4.14. The van der Waals surface area contributed by atoms with E-state index in [1.54, 1.807) is 36.4 Å². The second-order valence-electron chi connectivity index (χ2n) is 6.50. The number of carbonyl (C=O) groups is 2. The van der Waals surface area contributed by atoms with Crippen molar-refractivity contribution in [2.24, 2.45) is 0 Å². The van der Waals surface area contributed by atoms with Crippen molar-refractivity contribution in [2.45, 2.75) is 4.90 Å². The lowest BCUT2D eigenvalue weighted by Gasteiger charge is -2.15.